The van der Waals surface area contributed by atoms with Crippen LogP contribution in [0.3, 0.4) is 0 Å². The van der Waals surface area contributed by atoms with Crippen molar-refractivity contribution >= 4 is 17.5 Å². The molecule has 1 rings (SSSR count). The van der Waals surface area contributed by atoms with Crippen LogP contribution in [0.25, 0.3) is 0 Å². The molecule has 0 saturated heterocycles. The van der Waals surface area contributed by atoms with E-state index in [-0.39, 0.29) is 11.8 Å². The van der Waals surface area contributed by atoms with Crippen LogP contribution >= 0.6 is 0 Å². The van der Waals surface area contributed by atoms with Gasteiger partial charge in [0.05, 0.1) is 0 Å². The monoisotopic (exact) mass is 249 g/mol. The number of anilines is 1. The Morgan fingerprint density at radius 1 is 1.28 bits per heavy atom. The maximum Gasteiger partial charge on any atom is 0.248 e. The van der Waals surface area contributed by atoms with Gasteiger partial charge in [-0.15, -0.1) is 0 Å². The van der Waals surface area contributed by atoms with Crippen LogP contribution in [-0.2, 0) is 4.79 Å². The Balaban J connectivity index is 2.56. The molecule has 0 fully saturated rings. The second-order valence-electron chi connectivity index (χ2n) is 4.20. The van der Waals surface area contributed by atoms with Crippen molar-refractivity contribution < 1.29 is 9.59 Å². The van der Waals surface area contributed by atoms with E-state index in [1.165, 1.54) is 0 Å². The summed E-state index contributed by atoms with van der Waals surface area (Å²) in [4.78, 5) is 22.6. The summed E-state index contributed by atoms with van der Waals surface area (Å²) >= 11 is 0. The smallest absolute Gasteiger partial charge is 0.248 e. The lowest BCUT2D eigenvalue weighted by Gasteiger charge is -2.12. The number of hydrogen-bond acceptors (Lipinski definition) is 3. The van der Waals surface area contributed by atoms with Crippen molar-refractivity contribution in [3.8, 4) is 0 Å². The first-order valence-corrected chi connectivity index (χ1v) is 5.96. The first-order valence-electron chi connectivity index (χ1n) is 5.96. The van der Waals surface area contributed by atoms with E-state index in [1.54, 1.807) is 24.3 Å². The van der Waals surface area contributed by atoms with Gasteiger partial charge in [-0.1, -0.05) is 13.3 Å². The number of carbonyl (C=O) groups excluding carboxylic acids is 2. The molecule has 1 aromatic rings. The molecule has 5 heteroatoms. The molecule has 5 nitrogen and oxygen atoms in total. The highest BCUT2D eigenvalue weighted by Crippen LogP contribution is 2.12. The predicted molar refractivity (Wildman–Crippen MR) is 71.0 cm³/mol. The molecule has 0 aliphatic carbocycles. The molecule has 0 radical (unpaired) electrons. The van der Waals surface area contributed by atoms with Gasteiger partial charge in [0.1, 0.15) is 0 Å². The van der Waals surface area contributed by atoms with Crippen molar-refractivity contribution in [1.29, 1.82) is 0 Å². The summed E-state index contributed by atoms with van der Waals surface area (Å²) in [5.41, 5.74) is 11.7. The topological polar surface area (TPSA) is 98.2 Å². The maximum absolute atomic E-state index is 11.7. The summed E-state index contributed by atoms with van der Waals surface area (Å²) in [6.45, 7) is 2.51. The number of nitrogens with one attached hydrogen (secondary N) is 1. The quantitative estimate of drug-likeness (QED) is 0.704. The van der Waals surface area contributed by atoms with Crippen LogP contribution in [0.2, 0.25) is 0 Å². The van der Waals surface area contributed by atoms with E-state index in [0.717, 1.165) is 6.42 Å². The summed E-state index contributed by atoms with van der Waals surface area (Å²) in [6, 6.07) is 6.47. The van der Waals surface area contributed by atoms with Crippen molar-refractivity contribution in [1.82, 2.24) is 0 Å². The number of nitrogens with two attached hydrogens (primary N) is 2. The molecule has 1 aromatic carbocycles. The van der Waals surface area contributed by atoms with Gasteiger partial charge in [-0.3, -0.25) is 9.59 Å². The van der Waals surface area contributed by atoms with Crippen LogP contribution in [0, 0.1) is 5.92 Å². The van der Waals surface area contributed by atoms with Crippen molar-refractivity contribution in [2.45, 2.75) is 19.8 Å². The maximum atomic E-state index is 11.7. The third kappa shape index (κ3) is 4.18. The Morgan fingerprint density at radius 3 is 2.33 bits per heavy atom. The second kappa shape index (κ2) is 6.76. The number of benzene rings is 1. The first-order chi connectivity index (χ1) is 8.56. The Bertz CT molecular complexity index is 411. The molecule has 0 aliphatic rings. The van der Waals surface area contributed by atoms with Gasteiger partial charge in [0.2, 0.25) is 11.8 Å². The normalized spacial score (nSPS) is 11.9. The largest absolute Gasteiger partial charge is 0.366 e. The minimum atomic E-state index is -0.484. The molecule has 0 heterocycles. The standard InChI is InChI=1S/C13H19N3O2/c1-2-9(8-14)7-12(17)16-11-5-3-10(4-6-11)13(15)18/h3-6,9H,2,7-8,14H2,1H3,(H2,15,18)(H,16,17). The number of carbonyl (C=O) groups is 2. The number of rotatable bonds is 6. The van der Waals surface area contributed by atoms with Gasteiger partial charge in [-0.25, -0.2) is 0 Å². The van der Waals surface area contributed by atoms with E-state index in [4.69, 9.17) is 11.5 Å². The van der Waals surface area contributed by atoms with Gasteiger partial charge in [0.25, 0.3) is 0 Å². The third-order valence-corrected chi connectivity index (χ3v) is 2.84. The minimum absolute atomic E-state index is 0.0703. The molecule has 0 spiro atoms. The Kier molecular flexibility index (Phi) is 5.32. The van der Waals surface area contributed by atoms with Crippen LogP contribution in [-0.4, -0.2) is 18.4 Å². The summed E-state index contributed by atoms with van der Waals surface area (Å²) in [7, 11) is 0. The lowest BCUT2D eigenvalue weighted by molar-refractivity contribution is -0.117. The highest BCUT2D eigenvalue weighted by atomic mass is 16.2. The fraction of sp³-hybridized carbons (Fsp3) is 0.385. The van der Waals surface area contributed by atoms with E-state index >= 15 is 0 Å². The highest BCUT2D eigenvalue weighted by molar-refractivity contribution is 5.94. The number of primary amides is 1. The van der Waals surface area contributed by atoms with Crippen LogP contribution in [0.5, 0.6) is 0 Å². The lowest BCUT2D eigenvalue weighted by atomic mass is 10.0. The molecular weight excluding hydrogens is 230 g/mol. The van der Waals surface area contributed by atoms with Crippen molar-refractivity contribution in [3.05, 3.63) is 29.8 Å². The van der Waals surface area contributed by atoms with E-state index in [9.17, 15) is 9.59 Å². The molecule has 0 bridgehead atoms. The molecule has 18 heavy (non-hydrogen) atoms. The molecule has 2 amide bonds. The summed E-state index contributed by atoms with van der Waals surface area (Å²) in [5, 5.41) is 2.76. The molecule has 5 N–H and O–H groups in total. The molecular formula is C13H19N3O2. The third-order valence-electron chi connectivity index (χ3n) is 2.84. The molecule has 1 atom stereocenters. The lowest BCUT2D eigenvalue weighted by Crippen LogP contribution is -2.21. The average Bonchev–Trinajstić information content (AvgIpc) is 2.36. The Labute approximate surface area is 107 Å². The minimum Gasteiger partial charge on any atom is -0.366 e. The predicted octanol–water partition coefficient (Wildman–Crippen LogP) is 1.10. The fourth-order valence-electron chi connectivity index (χ4n) is 1.59. The molecule has 98 valence electrons. The van der Waals surface area contributed by atoms with Crippen LogP contribution in [0.1, 0.15) is 30.1 Å². The summed E-state index contributed by atoms with van der Waals surface area (Å²) in [6.07, 6.45) is 1.29. The zero-order valence-electron chi connectivity index (χ0n) is 10.5. The molecule has 0 aliphatic heterocycles. The van der Waals surface area contributed by atoms with Crippen LogP contribution in [0.4, 0.5) is 5.69 Å². The molecule has 0 aromatic heterocycles. The van der Waals surface area contributed by atoms with Gasteiger partial charge in [-0.2, -0.15) is 0 Å². The van der Waals surface area contributed by atoms with Gasteiger partial charge in [0.15, 0.2) is 0 Å². The van der Waals surface area contributed by atoms with Gasteiger partial charge >= 0.3 is 0 Å². The second-order valence-corrected chi connectivity index (χ2v) is 4.20. The van der Waals surface area contributed by atoms with E-state index in [1.807, 2.05) is 6.92 Å². The Morgan fingerprint density at radius 2 is 1.89 bits per heavy atom. The van der Waals surface area contributed by atoms with Crippen LogP contribution < -0.4 is 16.8 Å². The number of hydrogen-bond donors (Lipinski definition) is 3. The van der Waals surface area contributed by atoms with Crippen molar-refractivity contribution in [2.75, 3.05) is 11.9 Å². The zero-order valence-corrected chi connectivity index (χ0v) is 10.5. The highest BCUT2D eigenvalue weighted by Gasteiger charge is 2.10. The fourth-order valence-corrected chi connectivity index (χ4v) is 1.59. The van der Waals surface area contributed by atoms with Crippen LogP contribution in [0.15, 0.2) is 24.3 Å². The first kappa shape index (κ1) is 14.2. The molecule has 0 saturated carbocycles. The van der Waals surface area contributed by atoms with Gasteiger partial charge in [0, 0.05) is 17.7 Å². The van der Waals surface area contributed by atoms with Crippen molar-refractivity contribution in [2.24, 2.45) is 17.4 Å². The summed E-state index contributed by atoms with van der Waals surface area (Å²) < 4.78 is 0. The summed E-state index contributed by atoms with van der Waals surface area (Å²) in [5.74, 6) is -0.351. The van der Waals surface area contributed by atoms with Gasteiger partial charge < -0.3 is 16.8 Å². The van der Waals surface area contributed by atoms with Crippen molar-refractivity contribution in [3.63, 3.8) is 0 Å². The zero-order chi connectivity index (χ0) is 13.5. The van der Waals surface area contributed by atoms with E-state index < -0.39 is 5.91 Å². The Hall–Kier alpha value is -1.88. The SMILES string of the molecule is CCC(CN)CC(=O)Nc1ccc(C(N)=O)cc1. The van der Waals surface area contributed by atoms with E-state index in [2.05, 4.69) is 5.32 Å². The van der Waals surface area contributed by atoms with E-state index in [0.29, 0.717) is 24.2 Å². The number of amides is 2. The van der Waals surface area contributed by atoms with Gasteiger partial charge in [-0.05, 0) is 36.7 Å². The average molecular weight is 249 g/mol. The molecule has 1 unspecified atom stereocenters.